The number of aliphatic hydroxyl groups excluding tert-OH is 2. The molecule has 0 aromatic rings. The van der Waals surface area contributed by atoms with Gasteiger partial charge in [0.1, 0.15) is 0 Å². The first kappa shape index (κ1) is 15.2. The van der Waals surface area contributed by atoms with E-state index in [-0.39, 0.29) is 22.9 Å². The SMILES string of the molecule is C=C1[C@@H](O)[C@@]23CC[C@@H]4C(C)(C)CCC[C@@]4(C)[C@H]2CC[C@@H]1[C@H]3O. The lowest BCUT2D eigenvalue weighted by molar-refractivity contribution is -0.205. The summed E-state index contributed by atoms with van der Waals surface area (Å²) in [6.07, 6.45) is 7.38. The summed E-state index contributed by atoms with van der Waals surface area (Å²) in [6.45, 7) is 11.5. The van der Waals surface area contributed by atoms with Crippen molar-refractivity contribution in [3.8, 4) is 0 Å². The van der Waals surface area contributed by atoms with Gasteiger partial charge >= 0.3 is 0 Å². The van der Waals surface area contributed by atoms with Crippen LogP contribution < -0.4 is 0 Å². The van der Waals surface area contributed by atoms with Crippen LogP contribution in [-0.4, -0.2) is 22.4 Å². The van der Waals surface area contributed by atoms with E-state index in [1.807, 2.05) is 0 Å². The summed E-state index contributed by atoms with van der Waals surface area (Å²) < 4.78 is 0. The van der Waals surface area contributed by atoms with Crippen molar-refractivity contribution in [2.75, 3.05) is 0 Å². The zero-order valence-electron chi connectivity index (χ0n) is 14.4. The van der Waals surface area contributed by atoms with Crippen molar-refractivity contribution in [3.63, 3.8) is 0 Å². The Bertz CT molecular complexity index is 510. The van der Waals surface area contributed by atoms with E-state index in [9.17, 15) is 10.2 Å². The molecule has 0 aromatic heterocycles. The normalized spacial score (nSPS) is 56.4. The van der Waals surface area contributed by atoms with E-state index in [0.717, 1.165) is 30.8 Å². The van der Waals surface area contributed by atoms with Crippen molar-refractivity contribution in [2.45, 2.75) is 77.9 Å². The van der Waals surface area contributed by atoms with Crippen LogP contribution in [0.5, 0.6) is 0 Å². The molecule has 0 heterocycles. The van der Waals surface area contributed by atoms with Gasteiger partial charge in [-0.05, 0) is 66.8 Å². The second-order valence-electron chi connectivity index (χ2n) is 9.71. The van der Waals surface area contributed by atoms with E-state index in [1.165, 1.54) is 25.7 Å². The number of aliphatic hydroxyl groups is 2. The Morgan fingerprint density at radius 1 is 0.955 bits per heavy atom. The first-order valence-electron chi connectivity index (χ1n) is 9.30. The fraction of sp³-hybridized carbons (Fsp3) is 0.900. The molecule has 124 valence electrons. The van der Waals surface area contributed by atoms with Crippen LogP contribution >= 0.6 is 0 Å². The van der Waals surface area contributed by atoms with Gasteiger partial charge in [0.25, 0.3) is 0 Å². The monoisotopic (exact) mass is 304 g/mol. The molecular weight excluding hydrogens is 272 g/mol. The van der Waals surface area contributed by atoms with Crippen molar-refractivity contribution < 1.29 is 10.2 Å². The van der Waals surface area contributed by atoms with Crippen molar-refractivity contribution in [1.82, 2.24) is 0 Å². The Morgan fingerprint density at radius 2 is 1.68 bits per heavy atom. The topological polar surface area (TPSA) is 40.5 Å². The van der Waals surface area contributed by atoms with Gasteiger partial charge in [-0.25, -0.2) is 0 Å². The molecular formula is C20H32O2. The summed E-state index contributed by atoms with van der Waals surface area (Å²) >= 11 is 0. The molecule has 4 fully saturated rings. The fourth-order valence-corrected chi connectivity index (χ4v) is 7.74. The van der Waals surface area contributed by atoms with Crippen LogP contribution in [-0.2, 0) is 0 Å². The van der Waals surface area contributed by atoms with Crippen molar-refractivity contribution in [2.24, 2.45) is 34.0 Å². The lowest BCUT2D eigenvalue weighted by Crippen LogP contribution is -2.62. The molecule has 1 spiro atoms. The van der Waals surface area contributed by atoms with Gasteiger partial charge in [-0.15, -0.1) is 0 Å². The molecule has 4 saturated carbocycles. The third-order valence-electron chi connectivity index (χ3n) is 8.62. The first-order valence-corrected chi connectivity index (χ1v) is 9.30. The Kier molecular flexibility index (Phi) is 3.03. The minimum atomic E-state index is -0.484. The third kappa shape index (κ3) is 1.54. The summed E-state index contributed by atoms with van der Waals surface area (Å²) in [4.78, 5) is 0. The molecule has 7 atom stereocenters. The van der Waals surface area contributed by atoms with Crippen molar-refractivity contribution >= 4 is 0 Å². The van der Waals surface area contributed by atoms with Crippen LogP contribution in [0.2, 0.25) is 0 Å². The minimum Gasteiger partial charge on any atom is -0.392 e. The molecule has 0 amide bonds. The molecule has 2 heteroatoms. The number of hydrogen-bond acceptors (Lipinski definition) is 2. The average Bonchev–Trinajstić information content (AvgIpc) is 2.56. The van der Waals surface area contributed by atoms with Crippen molar-refractivity contribution in [3.05, 3.63) is 12.2 Å². The van der Waals surface area contributed by atoms with E-state index >= 15 is 0 Å². The largest absolute Gasteiger partial charge is 0.392 e. The summed E-state index contributed by atoms with van der Waals surface area (Å²) in [5.41, 5.74) is 1.31. The number of hydrogen-bond donors (Lipinski definition) is 2. The third-order valence-corrected chi connectivity index (χ3v) is 8.62. The van der Waals surface area contributed by atoms with Gasteiger partial charge in [-0.2, -0.15) is 0 Å². The Morgan fingerprint density at radius 3 is 2.41 bits per heavy atom. The van der Waals surface area contributed by atoms with Crippen LogP contribution in [0, 0.1) is 34.0 Å². The summed E-state index contributed by atoms with van der Waals surface area (Å²) in [7, 11) is 0. The van der Waals surface area contributed by atoms with Gasteiger partial charge in [-0.3, -0.25) is 0 Å². The Labute approximate surface area is 135 Å². The molecule has 4 aliphatic carbocycles. The van der Waals surface area contributed by atoms with Gasteiger partial charge in [0, 0.05) is 11.3 Å². The molecule has 0 saturated heterocycles. The van der Waals surface area contributed by atoms with Gasteiger partial charge in [0.2, 0.25) is 0 Å². The predicted molar refractivity (Wildman–Crippen MR) is 88.3 cm³/mol. The van der Waals surface area contributed by atoms with Crippen LogP contribution in [0.4, 0.5) is 0 Å². The van der Waals surface area contributed by atoms with Gasteiger partial charge in [0.05, 0.1) is 12.2 Å². The Balaban J connectivity index is 1.81. The quantitative estimate of drug-likeness (QED) is 0.666. The molecule has 0 radical (unpaired) electrons. The zero-order valence-corrected chi connectivity index (χ0v) is 14.4. The van der Waals surface area contributed by atoms with Gasteiger partial charge < -0.3 is 10.2 Å². The summed E-state index contributed by atoms with van der Waals surface area (Å²) in [5.74, 6) is 1.33. The highest BCUT2D eigenvalue weighted by Crippen LogP contribution is 2.71. The van der Waals surface area contributed by atoms with Crippen LogP contribution in [0.15, 0.2) is 12.2 Å². The van der Waals surface area contributed by atoms with Crippen LogP contribution in [0.25, 0.3) is 0 Å². The van der Waals surface area contributed by atoms with E-state index in [4.69, 9.17) is 0 Å². The molecule has 0 aromatic carbocycles. The highest BCUT2D eigenvalue weighted by Gasteiger charge is 2.69. The number of fused-ring (bicyclic) bond motifs is 3. The smallest absolute Gasteiger partial charge is 0.0835 e. The average molecular weight is 304 g/mol. The first-order chi connectivity index (χ1) is 10.2. The van der Waals surface area contributed by atoms with Crippen LogP contribution in [0.1, 0.15) is 65.7 Å². The molecule has 2 nitrogen and oxygen atoms in total. The standard InChI is InChI=1S/C20H32O2/c1-12-13-6-7-15-19(4)10-5-9-18(2,3)14(19)8-11-20(15,16(12)21)17(13)22/h13-17,21-22H,1,5-11H2,2-4H3/t13-,14+,15+,16+,17+,19+,20+/m0/s1. The molecule has 2 bridgehead atoms. The second-order valence-corrected chi connectivity index (χ2v) is 9.71. The lowest BCUT2D eigenvalue weighted by atomic mass is 9.40. The maximum Gasteiger partial charge on any atom is 0.0835 e. The highest BCUT2D eigenvalue weighted by atomic mass is 16.3. The predicted octanol–water partition coefficient (Wildman–Crippen LogP) is 3.92. The Hall–Kier alpha value is -0.340. The van der Waals surface area contributed by atoms with Crippen molar-refractivity contribution in [1.29, 1.82) is 0 Å². The van der Waals surface area contributed by atoms with E-state index in [0.29, 0.717) is 11.3 Å². The molecule has 4 aliphatic rings. The zero-order chi connectivity index (χ0) is 15.9. The highest BCUT2D eigenvalue weighted by molar-refractivity contribution is 5.30. The molecule has 0 unspecified atom stereocenters. The molecule has 22 heavy (non-hydrogen) atoms. The minimum absolute atomic E-state index is 0.142. The second kappa shape index (κ2) is 4.39. The van der Waals surface area contributed by atoms with Crippen LogP contribution in [0.3, 0.4) is 0 Å². The molecule has 2 N–H and O–H groups in total. The van der Waals surface area contributed by atoms with E-state index < -0.39 is 6.10 Å². The van der Waals surface area contributed by atoms with Gasteiger partial charge in [0.15, 0.2) is 0 Å². The van der Waals surface area contributed by atoms with E-state index in [1.54, 1.807) is 0 Å². The van der Waals surface area contributed by atoms with E-state index in [2.05, 4.69) is 27.4 Å². The van der Waals surface area contributed by atoms with Gasteiger partial charge in [-0.1, -0.05) is 33.8 Å². The maximum absolute atomic E-state index is 11.0. The molecule has 4 rings (SSSR count). The summed E-state index contributed by atoms with van der Waals surface area (Å²) in [6, 6.07) is 0. The lowest BCUT2D eigenvalue weighted by Gasteiger charge is -2.65. The number of rotatable bonds is 0. The fourth-order valence-electron chi connectivity index (χ4n) is 7.74. The maximum atomic E-state index is 11.0. The summed E-state index contributed by atoms with van der Waals surface area (Å²) in [5, 5.41) is 22.0. The molecule has 0 aliphatic heterocycles.